The van der Waals surface area contributed by atoms with E-state index >= 15 is 0 Å². The second kappa shape index (κ2) is 6.23. The summed E-state index contributed by atoms with van der Waals surface area (Å²) in [6, 6.07) is 7.96. The number of ether oxygens (including phenoxy) is 1. The van der Waals surface area contributed by atoms with Crippen molar-refractivity contribution >= 4 is 6.29 Å². The lowest BCUT2D eigenvalue weighted by atomic mass is 10.1. The van der Waals surface area contributed by atoms with Crippen LogP contribution in [0.2, 0.25) is 0 Å². The highest BCUT2D eigenvalue weighted by atomic mass is 16.5. The van der Waals surface area contributed by atoms with Crippen LogP contribution in [-0.4, -0.2) is 12.4 Å². The third-order valence-corrected chi connectivity index (χ3v) is 2.39. The van der Waals surface area contributed by atoms with Crippen molar-refractivity contribution in [3.8, 4) is 5.75 Å². The van der Waals surface area contributed by atoms with Crippen LogP contribution in [0.5, 0.6) is 5.75 Å². The Balaban J connectivity index is 2.52. The second-order valence-electron chi connectivity index (χ2n) is 3.69. The molecule has 15 heavy (non-hydrogen) atoms. The highest BCUT2D eigenvalue weighted by Gasteiger charge is 2.00. The van der Waals surface area contributed by atoms with Crippen molar-refractivity contribution in [1.29, 1.82) is 0 Å². The molecule has 0 heterocycles. The summed E-state index contributed by atoms with van der Waals surface area (Å²) in [5, 5.41) is 0. The number of hydrogen-bond donors (Lipinski definition) is 0. The number of aryl methyl sites for hydroxylation is 1. The van der Waals surface area contributed by atoms with Crippen LogP contribution < -0.4 is 4.74 Å². The molecule has 82 valence electrons. The van der Waals surface area contributed by atoms with E-state index in [2.05, 4.69) is 13.8 Å². The first kappa shape index (κ1) is 11.8. The number of aldehydes is 1. The third kappa shape index (κ3) is 4.15. The molecule has 0 radical (unpaired) electrons. The molecule has 0 spiro atoms. The summed E-state index contributed by atoms with van der Waals surface area (Å²) >= 11 is 0. The van der Waals surface area contributed by atoms with E-state index in [1.807, 2.05) is 24.3 Å². The Morgan fingerprint density at radius 2 is 2.00 bits per heavy atom. The quantitative estimate of drug-likeness (QED) is 0.669. The summed E-state index contributed by atoms with van der Waals surface area (Å²) in [7, 11) is 0. The van der Waals surface area contributed by atoms with Gasteiger partial charge in [-0.3, -0.25) is 0 Å². The van der Waals surface area contributed by atoms with Crippen molar-refractivity contribution in [2.45, 2.75) is 39.2 Å². The minimum atomic E-state index is 0.255. The van der Waals surface area contributed by atoms with Crippen molar-refractivity contribution in [2.75, 3.05) is 0 Å². The SMILES string of the molecule is CCC(C)Oc1ccc(CCC=O)cc1. The summed E-state index contributed by atoms with van der Waals surface area (Å²) in [5.74, 6) is 0.902. The first-order valence-electron chi connectivity index (χ1n) is 5.45. The average Bonchev–Trinajstić information content (AvgIpc) is 2.28. The van der Waals surface area contributed by atoms with Gasteiger partial charge in [0.2, 0.25) is 0 Å². The molecule has 0 amide bonds. The maximum atomic E-state index is 10.2. The standard InChI is InChI=1S/C13H18O2/c1-3-11(2)15-13-8-6-12(7-9-13)5-4-10-14/h6-11H,3-5H2,1-2H3. The number of hydrogen-bond acceptors (Lipinski definition) is 2. The summed E-state index contributed by atoms with van der Waals surface area (Å²) in [6.45, 7) is 4.16. The highest BCUT2D eigenvalue weighted by Crippen LogP contribution is 2.15. The highest BCUT2D eigenvalue weighted by molar-refractivity contribution is 5.50. The van der Waals surface area contributed by atoms with Gasteiger partial charge in [-0.15, -0.1) is 0 Å². The molecule has 0 aliphatic heterocycles. The van der Waals surface area contributed by atoms with Crippen LogP contribution in [0, 0.1) is 0 Å². The van der Waals surface area contributed by atoms with Gasteiger partial charge in [0.15, 0.2) is 0 Å². The lowest BCUT2D eigenvalue weighted by Crippen LogP contribution is -2.09. The normalized spacial score (nSPS) is 12.1. The van der Waals surface area contributed by atoms with Gasteiger partial charge in [-0.05, 0) is 37.5 Å². The van der Waals surface area contributed by atoms with Gasteiger partial charge in [0.05, 0.1) is 6.10 Å². The smallest absolute Gasteiger partial charge is 0.120 e. The molecule has 0 saturated carbocycles. The van der Waals surface area contributed by atoms with Gasteiger partial charge in [-0.2, -0.15) is 0 Å². The van der Waals surface area contributed by atoms with Gasteiger partial charge in [0.1, 0.15) is 12.0 Å². The maximum absolute atomic E-state index is 10.2. The van der Waals surface area contributed by atoms with Crippen molar-refractivity contribution < 1.29 is 9.53 Å². The van der Waals surface area contributed by atoms with E-state index in [1.165, 1.54) is 5.56 Å². The lowest BCUT2D eigenvalue weighted by molar-refractivity contribution is -0.107. The zero-order chi connectivity index (χ0) is 11.1. The van der Waals surface area contributed by atoms with Crippen LogP contribution in [0.1, 0.15) is 32.3 Å². The van der Waals surface area contributed by atoms with E-state index < -0.39 is 0 Å². The third-order valence-electron chi connectivity index (χ3n) is 2.39. The Morgan fingerprint density at radius 3 is 2.53 bits per heavy atom. The minimum absolute atomic E-state index is 0.255. The van der Waals surface area contributed by atoms with E-state index in [-0.39, 0.29) is 6.10 Å². The van der Waals surface area contributed by atoms with Crippen LogP contribution >= 0.6 is 0 Å². The molecule has 0 aliphatic rings. The molecule has 0 aliphatic carbocycles. The Kier molecular flexibility index (Phi) is 4.88. The first-order valence-corrected chi connectivity index (χ1v) is 5.45. The maximum Gasteiger partial charge on any atom is 0.120 e. The molecule has 1 rings (SSSR count). The van der Waals surface area contributed by atoms with Crippen molar-refractivity contribution in [3.05, 3.63) is 29.8 Å². The predicted octanol–water partition coefficient (Wildman–Crippen LogP) is 3.00. The average molecular weight is 206 g/mol. The van der Waals surface area contributed by atoms with Gasteiger partial charge in [0, 0.05) is 6.42 Å². The molecule has 0 saturated heterocycles. The molecule has 0 N–H and O–H groups in total. The number of carbonyl (C=O) groups excluding carboxylic acids is 1. The van der Waals surface area contributed by atoms with Crippen molar-refractivity contribution in [2.24, 2.45) is 0 Å². The predicted molar refractivity (Wildman–Crippen MR) is 61.2 cm³/mol. The molecule has 0 aromatic heterocycles. The molecule has 2 nitrogen and oxygen atoms in total. The lowest BCUT2D eigenvalue weighted by Gasteiger charge is -2.12. The molecule has 1 unspecified atom stereocenters. The van der Waals surface area contributed by atoms with Crippen LogP contribution in [-0.2, 0) is 11.2 Å². The summed E-state index contributed by atoms with van der Waals surface area (Å²) in [4.78, 5) is 10.2. The van der Waals surface area contributed by atoms with Crippen LogP contribution in [0.15, 0.2) is 24.3 Å². The zero-order valence-electron chi connectivity index (χ0n) is 9.40. The largest absolute Gasteiger partial charge is 0.491 e. The Labute approximate surface area is 91.3 Å². The fourth-order valence-corrected chi connectivity index (χ4v) is 1.28. The van der Waals surface area contributed by atoms with Gasteiger partial charge in [-0.25, -0.2) is 0 Å². The fourth-order valence-electron chi connectivity index (χ4n) is 1.28. The number of carbonyl (C=O) groups is 1. The van der Waals surface area contributed by atoms with E-state index in [4.69, 9.17) is 4.74 Å². The van der Waals surface area contributed by atoms with Crippen LogP contribution in [0.4, 0.5) is 0 Å². The van der Waals surface area contributed by atoms with E-state index in [0.29, 0.717) is 6.42 Å². The van der Waals surface area contributed by atoms with Crippen LogP contribution in [0.25, 0.3) is 0 Å². The first-order chi connectivity index (χ1) is 7.26. The molecule has 1 atom stereocenters. The van der Waals surface area contributed by atoms with Gasteiger partial charge >= 0.3 is 0 Å². The van der Waals surface area contributed by atoms with Gasteiger partial charge in [0.25, 0.3) is 0 Å². The number of benzene rings is 1. The molecule has 2 heteroatoms. The summed E-state index contributed by atoms with van der Waals surface area (Å²) in [5.41, 5.74) is 1.18. The topological polar surface area (TPSA) is 26.3 Å². The van der Waals surface area contributed by atoms with E-state index in [9.17, 15) is 4.79 Å². The van der Waals surface area contributed by atoms with Gasteiger partial charge < -0.3 is 9.53 Å². The van der Waals surface area contributed by atoms with E-state index in [0.717, 1.165) is 24.9 Å². The fraction of sp³-hybridized carbons (Fsp3) is 0.462. The Hall–Kier alpha value is -1.31. The Bertz CT molecular complexity index is 290. The monoisotopic (exact) mass is 206 g/mol. The summed E-state index contributed by atoms with van der Waals surface area (Å²) in [6.07, 6.45) is 3.61. The van der Waals surface area contributed by atoms with Crippen molar-refractivity contribution in [3.63, 3.8) is 0 Å². The Morgan fingerprint density at radius 1 is 1.33 bits per heavy atom. The second-order valence-corrected chi connectivity index (χ2v) is 3.69. The van der Waals surface area contributed by atoms with Crippen LogP contribution in [0.3, 0.4) is 0 Å². The molecule has 0 fully saturated rings. The molecule has 1 aromatic rings. The number of rotatable bonds is 6. The zero-order valence-corrected chi connectivity index (χ0v) is 9.40. The van der Waals surface area contributed by atoms with Gasteiger partial charge in [-0.1, -0.05) is 19.1 Å². The molecule has 0 bridgehead atoms. The molecular weight excluding hydrogens is 188 g/mol. The molecule has 1 aromatic carbocycles. The van der Waals surface area contributed by atoms with Crippen molar-refractivity contribution in [1.82, 2.24) is 0 Å². The van der Waals surface area contributed by atoms with E-state index in [1.54, 1.807) is 0 Å². The summed E-state index contributed by atoms with van der Waals surface area (Å²) < 4.78 is 5.65. The minimum Gasteiger partial charge on any atom is -0.491 e. The molecular formula is C13H18O2.